The Balaban J connectivity index is 0.000000177. The zero-order valence-electron chi connectivity index (χ0n) is 42.7. The van der Waals surface area contributed by atoms with Crippen LogP contribution in [0, 0.1) is 0 Å². The number of alkyl halides is 3. The van der Waals surface area contributed by atoms with Crippen molar-refractivity contribution in [2.75, 3.05) is 32.7 Å². The Morgan fingerprint density at radius 2 is 0.805 bits per heavy atom. The van der Waals surface area contributed by atoms with Crippen LogP contribution >= 0.6 is 141 Å². The second kappa shape index (κ2) is 28.7. The minimum absolute atomic E-state index is 0.0205. The molecule has 438 valence electrons. The topological polar surface area (TPSA) is 167 Å². The molecule has 0 spiro atoms. The molecule has 82 heavy (non-hydrogen) atoms. The molecule has 0 radical (unpaired) electrons. The van der Waals surface area contributed by atoms with Gasteiger partial charge < -0.3 is 61.3 Å². The van der Waals surface area contributed by atoms with Gasteiger partial charge in [0.2, 0.25) is 0 Å². The molecule has 0 aromatic heterocycles. The van der Waals surface area contributed by atoms with Crippen molar-refractivity contribution in [2.24, 2.45) is 0 Å². The highest BCUT2D eigenvalue weighted by Gasteiger charge is 2.32. The molecule has 0 unspecified atom stereocenters. The minimum Gasteiger partial charge on any atom is -0.503 e. The van der Waals surface area contributed by atoms with E-state index in [1.807, 2.05) is 46.2 Å². The van der Waals surface area contributed by atoms with Crippen LogP contribution in [0.5, 0.6) is 34.5 Å². The van der Waals surface area contributed by atoms with Gasteiger partial charge in [0, 0.05) is 63.9 Å². The van der Waals surface area contributed by atoms with Gasteiger partial charge in [-0.3, -0.25) is 0 Å². The first kappa shape index (κ1) is 65.1. The van der Waals surface area contributed by atoms with Crippen molar-refractivity contribution >= 4 is 156 Å². The van der Waals surface area contributed by atoms with E-state index in [1.54, 1.807) is 11.0 Å². The highest BCUT2D eigenvalue weighted by Crippen LogP contribution is 2.49. The standard InChI is InChI=1S/C19H19Cl3N2O2S.C18H16Cl4N2O2S.C18H15Cl2F3N2O2S/c20-12-5-3-11(4-6-12)7-8-23-19(27)24-9-1-2-13-14(10-24)16(22)18(26)17(25)15(13)21;19-12-2-1-9(7-13(12)20)3-5-23-18(27)24-6-4-10-11(8-24)15(22)17(26)16(25)14(10)21;19-13-11-5-6-25(8-12(11)14(20)16(27)15(13)26)17(28)24-7-9-1-3-10(4-2-9)18(21,22)23/h3-6,25-26H,1-2,7-10H2,(H,23,27);1-2,7,25-26H,3-6,8H2,(H,23,27);1-4,26-27H,5-8H2,(H,24,28). The molecule has 3 aliphatic rings. The van der Waals surface area contributed by atoms with Gasteiger partial charge in [-0.2, -0.15) is 13.2 Å². The van der Waals surface area contributed by atoms with Gasteiger partial charge in [-0.25, -0.2) is 0 Å². The van der Waals surface area contributed by atoms with Crippen LogP contribution in [0.3, 0.4) is 0 Å². The Kier molecular flexibility index (Phi) is 22.8. The van der Waals surface area contributed by atoms with Crippen LogP contribution in [0.15, 0.2) is 66.7 Å². The maximum absolute atomic E-state index is 12.6. The highest BCUT2D eigenvalue weighted by atomic mass is 35.5. The van der Waals surface area contributed by atoms with E-state index in [-0.39, 0.29) is 60.5 Å². The number of thiocarbonyl (C=S) groups is 3. The summed E-state index contributed by atoms with van der Waals surface area (Å²) in [5, 5.41) is 72.9. The average Bonchev–Trinajstić information content (AvgIpc) is 3.67. The van der Waals surface area contributed by atoms with Gasteiger partial charge >= 0.3 is 6.18 Å². The summed E-state index contributed by atoms with van der Waals surface area (Å²) in [6.45, 7) is 4.56. The first-order valence-corrected chi connectivity index (χ1v) is 29.5. The van der Waals surface area contributed by atoms with Crippen molar-refractivity contribution in [1.29, 1.82) is 0 Å². The number of nitrogens with zero attached hydrogens (tertiary/aromatic N) is 3. The molecule has 6 aromatic rings. The first-order chi connectivity index (χ1) is 38.8. The third-order valence-corrected chi connectivity index (χ3v) is 18.3. The molecule has 0 bridgehead atoms. The number of hydrogen-bond donors (Lipinski definition) is 9. The summed E-state index contributed by atoms with van der Waals surface area (Å²) < 4.78 is 37.8. The Morgan fingerprint density at radius 1 is 0.439 bits per heavy atom. The fraction of sp³-hybridized carbons (Fsp3) is 0.291. The smallest absolute Gasteiger partial charge is 0.416 e. The molecule has 12 nitrogen and oxygen atoms in total. The van der Waals surface area contributed by atoms with E-state index >= 15 is 0 Å². The van der Waals surface area contributed by atoms with E-state index in [0.29, 0.717) is 112 Å². The number of phenols is 6. The predicted molar refractivity (Wildman–Crippen MR) is 334 cm³/mol. The molecule has 0 saturated carbocycles. The number of hydrogen-bond acceptors (Lipinski definition) is 9. The lowest BCUT2D eigenvalue weighted by Crippen LogP contribution is -2.43. The number of benzene rings is 6. The predicted octanol–water partition coefficient (Wildman–Crippen LogP) is 15.0. The van der Waals surface area contributed by atoms with Crippen molar-refractivity contribution in [3.05, 3.63) is 168 Å². The Bertz CT molecular complexity index is 3390. The van der Waals surface area contributed by atoms with Gasteiger partial charge in [-0.15, -0.1) is 0 Å². The fourth-order valence-corrected chi connectivity index (χ4v) is 12.0. The van der Waals surface area contributed by atoms with Crippen molar-refractivity contribution in [3.63, 3.8) is 0 Å². The number of aromatic hydroxyl groups is 6. The summed E-state index contributed by atoms with van der Waals surface area (Å²) in [7, 11) is 0. The molecule has 3 aliphatic heterocycles. The van der Waals surface area contributed by atoms with Crippen molar-refractivity contribution in [3.8, 4) is 34.5 Å². The Morgan fingerprint density at radius 3 is 1.23 bits per heavy atom. The minimum atomic E-state index is -4.37. The number of phenolic OH excluding ortho intramolecular Hbond substituents is 6. The van der Waals surface area contributed by atoms with Crippen molar-refractivity contribution in [1.82, 2.24) is 30.7 Å². The SMILES string of the molecule is Oc1c(O)c(Cl)c2c(c1Cl)CCCN(C(=S)NCCc1ccc(Cl)cc1)C2.Oc1c(O)c(Cl)c2c(c1Cl)CCN(C(=S)NCCc1ccc(Cl)c(Cl)c1)C2.Oc1c(O)c(Cl)c2c(c1Cl)CCN(C(=S)NCc1ccc(C(F)(F)F)cc1)C2. The molecule has 0 atom stereocenters. The number of halogens is 12. The lowest BCUT2D eigenvalue weighted by atomic mass is 9.98. The normalized spacial score (nSPS) is 13.7. The van der Waals surface area contributed by atoms with Crippen LogP contribution in [0.4, 0.5) is 13.2 Å². The van der Waals surface area contributed by atoms with E-state index in [0.717, 1.165) is 59.7 Å². The molecule has 0 fully saturated rings. The summed E-state index contributed by atoms with van der Waals surface area (Å²) in [6.07, 6.45) is -0.313. The second-order valence-electron chi connectivity index (χ2n) is 18.9. The molecule has 0 saturated heterocycles. The lowest BCUT2D eigenvalue weighted by Gasteiger charge is -2.32. The van der Waals surface area contributed by atoms with Gasteiger partial charge in [-0.1, -0.05) is 135 Å². The third-order valence-electron chi connectivity index (χ3n) is 13.6. The van der Waals surface area contributed by atoms with Gasteiger partial charge in [-0.05, 0) is 162 Å². The van der Waals surface area contributed by atoms with Crippen molar-refractivity contribution in [2.45, 2.75) is 70.9 Å². The van der Waals surface area contributed by atoms with E-state index in [9.17, 15) is 43.8 Å². The number of rotatable bonds is 8. The molecular formula is C55H50Cl9F3N6O6S3. The maximum atomic E-state index is 12.6. The lowest BCUT2D eigenvalue weighted by molar-refractivity contribution is -0.137. The largest absolute Gasteiger partial charge is 0.503 e. The Labute approximate surface area is 532 Å². The van der Waals surface area contributed by atoms with Gasteiger partial charge in [0.25, 0.3) is 0 Å². The zero-order chi connectivity index (χ0) is 59.9. The first-order valence-electron chi connectivity index (χ1n) is 24.9. The highest BCUT2D eigenvalue weighted by molar-refractivity contribution is 7.80. The molecule has 27 heteroatoms. The molecule has 0 aliphatic carbocycles. The second-order valence-corrected chi connectivity index (χ2v) is 23.6. The van der Waals surface area contributed by atoms with Crippen LogP contribution in [0.1, 0.15) is 62.1 Å². The summed E-state index contributed by atoms with van der Waals surface area (Å²) in [6, 6.07) is 18.1. The van der Waals surface area contributed by atoms with Crippen LogP contribution in [0.25, 0.3) is 0 Å². The van der Waals surface area contributed by atoms with E-state index in [1.165, 1.54) is 17.7 Å². The number of fused-ring (bicyclic) bond motifs is 3. The maximum Gasteiger partial charge on any atom is 0.416 e. The fourth-order valence-electron chi connectivity index (χ4n) is 9.12. The summed E-state index contributed by atoms with van der Waals surface area (Å²) in [5.74, 6) is -2.45. The van der Waals surface area contributed by atoms with Crippen LogP contribution in [-0.4, -0.2) is 93.4 Å². The summed E-state index contributed by atoms with van der Waals surface area (Å²) in [5.41, 5.74) is 6.29. The monoisotopic (exact) mass is 1360 g/mol. The van der Waals surface area contributed by atoms with Gasteiger partial charge in [0.15, 0.2) is 49.8 Å². The van der Waals surface area contributed by atoms with Crippen LogP contribution < -0.4 is 16.0 Å². The molecule has 6 aromatic carbocycles. The molecule has 3 heterocycles. The quantitative estimate of drug-likeness (QED) is 0.0521. The van der Waals surface area contributed by atoms with Crippen LogP contribution in [-0.2, 0) is 64.5 Å². The van der Waals surface area contributed by atoms with E-state index in [2.05, 4.69) is 16.0 Å². The third kappa shape index (κ3) is 15.7. The average molecular weight is 1360 g/mol. The molecule has 9 rings (SSSR count). The van der Waals surface area contributed by atoms with Gasteiger partial charge in [0.05, 0.1) is 45.7 Å². The molecular weight excluding hydrogens is 1310 g/mol. The van der Waals surface area contributed by atoms with E-state index in [4.69, 9.17) is 141 Å². The van der Waals surface area contributed by atoms with Crippen molar-refractivity contribution < 1.29 is 43.8 Å². The van der Waals surface area contributed by atoms with E-state index < -0.39 is 29.0 Å². The zero-order valence-corrected chi connectivity index (χ0v) is 52.0. The molecule has 0 amide bonds. The summed E-state index contributed by atoms with van der Waals surface area (Å²) in [4.78, 5) is 5.76. The summed E-state index contributed by atoms with van der Waals surface area (Å²) >= 11 is 71.2. The number of nitrogens with one attached hydrogen (secondary N) is 3. The van der Waals surface area contributed by atoms with Gasteiger partial charge in [0.1, 0.15) is 0 Å². The molecule has 9 N–H and O–H groups in total. The Hall–Kier alpha value is -4.41. The van der Waals surface area contributed by atoms with Crippen LogP contribution in [0.2, 0.25) is 45.2 Å².